The highest BCUT2D eigenvalue weighted by Gasteiger charge is 2.36. The van der Waals surface area contributed by atoms with Crippen molar-refractivity contribution in [3.05, 3.63) is 41.7 Å². The molecule has 0 saturated carbocycles. The number of hydrogen-bond acceptors (Lipinski definition) is 7. The number of anilines is 1. The van der Waals surface area contributed by atoms with Crippen molar-refractivity contribution in [1.29, 1.82) is 0 Å². The standard InChI is InChI=1S/C22H27N5O3/c1-21(2,3)20-25-24-19-7-6-18(26-27(19)20)23-13-22(8-10-28-11-9-22)15-4-5-16-17(12-15)30-14-29-16/h4-7,12H,8-11,13-14H2,1-3H3,(H,23,26). The summed E-state index contributed by atoms with van der Waals surface area (Å²) in [5.41, 5.74) is 1.79. The van der Waals surface area contributed by atoms with Gasteiger partial charge in [-0.05, 0) is 42.7 Å². The van der Waals surface area contributed by atoms with E-state index in [4.69, 9.17) is 19.3 Å². The molecule has 0 amide bonds. The fourth-order valence-electron chi connectivity index (χ4n) is 4.17. The van der Waals surface area contributed by atoms with Gasteiger partial charge < -0.3 is 19.5 Å². The van der Waals surface area contributed by atoms with Gasteiger partial charge in [-0.2, -0.15) is 4.52 Å². The lowest BCUT2D eigenvalue weighted by Gasteiger charge is -2.38. The van der Waals surface area contributed by atoms with Gasteiger partial charge in [0.25, 0.3) is 0 Å². The average molecular weight is 409 g/mol. The summed E-state index contributed by atoms with van der Waals surface area (Å²) < 4.78 is 18.6. The Labute approximate surface area is 175 Å². The average Bonchev–Trinajstić information content (AvgIpc) is 3.38. The van der Waals surface area contributed by atoms with Crippen LogP contribution >= 0.6 is 0 Å². The zero-order chi connectivity index (χ0) is 20.8. The first-order chi connectivity index (χ1) is 14.4. The molecular weight excluding hydrogens is 382 g/mol. The molecular formula is C22H27N5O3. The van der Waals surface area contributed by atoms with Crippen molar-refractivity contribution in [3.63, 3.8) is 0 Å². The summed E-state index contributed by atoms with van der Waals surface area (Å²) in [4.78, 5) is 0. The normalized spacial score (nSPS) is 18.0. The second kappa shape index (κ2) is 7.12. The smallest absolute Gasteiger partial charge is 0.231 e. The van der Waals surface area contributed by atoms with Crippen LogP contribution in [0.5, 0.6) is 11.5 Å². The molecule has 3 aromatic rings. The van der Waals surface area contributed by atoms with Gasteiger partial charge in [-0.15, -0.1) is 15.3 Å². The monoisotopic (exact) mass is 409 g/mol. The maximum absolute atomic E-state index is 5.67. The second-order valence-corrected chi connectivity index (χ2v) is 9.08. The van der Waals surface area contributed by atoms with Crippen LogP contribution in [0, 0.1) is 0 Å². The lowest BCUT2D eigenvalue weighted by atomic mass is 9.74. The van der Waals surface area contributed by atoms with Crippen molar-refractivity contribution >= 4 is 11.5 Å². The van der Waals surface area contributed by atoms with Gasteiger partial charge in [0.1, 0.15) is 5.82 Å². The molecule has 2 aromatic heterocycles. The number of fused-ring (bicyclic) bond motifs is 2. The lowest BCUT2D eigenvalue weighted by Crippen LogP contribution is -2.40. The Balaban J connectivity index is 1.44. The van der Waals surface area contributed by atoms with E-state index in [0.717, 1.165) is 61.4 Å². The minimum absolute atomic E-state index is 0.0596. The van der Waals surface area contributed by atoms with Gasteiger partial charge in [0.05, 0.1) is 0 Å². The molecule has 0 unspecified atom stereocenters. The fourth-order valence-corrected chi connectivity index (χ4v) is 4.17. The van der Waals surface area contributed by atoms with E-state index in [1.54, 1.807) is 0 Å². The van der Waals surface area contributed by atoms with Crippen molar-refractivity contribution in [2.75, 3.05) is 31.9 Å². The van der Waals surface area contributed by atoms with Gasteiger partial charge >= 0.3 is 0 Å². The molecule has 1 aromatic carbocycles. The van der Waals surface area contributed by atoms with Crippen LogP contribution in [-0.4, -0.2) is 46.4 Å². The van der Waals surface area contributed by atoms with Crippen molar-refractivity contribution in [2.45, 2.75) is 44.4 Å². The van der Waals surface area contributed by atoms with Gasteiger partial charge in [-0.3, -0.25) is 0 Å². The molecule has 8 heteroatoms. The van der Waals surface area contributed by atoms with E-state index in [9.17, 15) is 0 Å². The van der Waals surface area contributed by atoms with Crippen LogP contribution in [0.25, 0.3) is 5.65 Å². The van der Waals surface area contributed by atoms with Gasteiger partial charge in [0.2, 0.25) is 6.79 Å². The molecule has 1 saturated heterocycles. The summed E-state index contributed by atoms with van der Waals surface area (Å²) in [5.74, 6) is 3.28. The number of aromatic nitrogens is 4. The first-order valence-corrected chi connectivity index (χ1v) is 10.4. The summed E-state index contributed by atoms with van der Waals surface area (Å²) >= 11 is 0. The molecule has 1 fully saturated rings. The van der Waals surface area contributed by atoms with Gasteiger partial charge in [0.15, 0.2) is 23.0 Å². The van der Waals surface area contributed by atoms with Crippen LogP contribution in [0.3, 0.4) is 0 Å². The quantitative estimate of drug-likeness (QED) is 0.708. The van der Waals surface area contributed by atoms with Crippen LogP contribution in [0.1, 0.15) is 45.0 Å². The summed E-state index contributed by atoms with van der Waals surface area (Å²) in [6, 6.07) is 10.2. The van der Waals surface area contributed by atoms with Gasteiger partial charge in [0, 0.05) is 30.6 Å². The summed E-state index contributed by atoms with van der Waals surface area (Å²) in [5, 5.41) is 16.9. The highest BCUT2D eigenvalue weighted by Crippen LogP contribution is 2.41. The SMILES string of the molecule is CC(C)(C)c1nnc2ccc(NCC3(c4ccc5c(c4)OCO5)CCOCC3)nn12. The fraction of sp³-hybridized carbons (Fsp3) is 0.500. The van der Waals surface area contributed by atoms with Gasteiger partial charge in [-0.1, -0.05) is 26.8 Å². The Hall–Kier alpha value is -2.87. The van der Waals surface area contributed by atoms with E-state index in [0.29, 0.717) is 0 Å². The lowest BCUT2D eigenvalue weighted by molar-refractivity contribution is 0.0543. The van der Waals surface area contributed by atoms with E-state index in [1.165, 1.54) is 5.56 Å². The number of nitrogens with one attached hydrogen (secondary N) is 1. The molecule has 0 radical (unpaired) electrons. The molecule has 0 atom stereocenters. The number of hydrogen-bond donors (Lipinski definition) is 1. The van der Waals surface area contributed by atoms with Crippen LogP contribution in [0.15, 0.2) is 30.3 Å². The Morgan fingerprint density at radius 1 is 1.03 bits per heavy atom. The van der Waals surface area contributed by atoms with Crippen LogP contribution < -0.4 is 14.8 Å². The second-order valence-electron chi connectivity index (χ2n) is 9.08. The van der Waals surface area contributed by atoms with Crippen molar-refractivity contribution in [1.82, 2.24) is 19.8 Å². The third-order valence-corrected chi connectivity index (χ3v) is 5.98. The molecule has 2 aliphatic rings. The third kappa shape index (κ3) is 3.35. The summed E-state index contributed by atoms with van der Waals surface area (Å²) in [7, 11) is 0. The highest BCUT2D eigenvalue weighted by atomic mass is 16.7. The molecule has 30 heavy (non-hydrogen) atoms. The molecule has 4 heterocycles. The predicted octanol–water partition coefficient (Wildman–Crippen LogP) is 3.31. The largest absolute Gasteiger partial charge is 0.454 e. The topological polar surface area (TPSA) is 82.8 Å². The third-order valence-electron chi connectivity index (χ3n) is 5.98. The first-order valence-electron chi connectivity index (χ1n) is 10.4. The van der Waals surface area contributed by atoms with Gasteiger partial charge in [-0.25, -0.2) is 0 Å². The van der Waals surface area contributed by atoms with E-state index < -0.39 is 0 Å². The van der Waals surface area contributed by atoms with Crippen LogP contribution in [-0.2, 0) is 15.6 Å². The Morgan fingerprint density at radius 3 is 2.63 bits per heavy atom. The minimum atomic E-state index is -0.139. The number of benzene rings is 1. The summed E-state index contributed by atoms with van der Waals surface area (Å²) in [6.07, 6.45) is 1.86. The molecule has 1 N–H and O–H groups in total. The molecule has 0 spiro atoms. The highest BCUT2D eigenvalue weighted by molar-refractivity contribution is 5.48. The maximum atomic E-state index is 5.67. The predicted molar refractivity (Wildman–Crippen MR) is 112 cm³/mol. The summed E-state index contributed by atoms with van der Waals surface area (Å²) in [6.45, 7) is 8.85. The Kier molecular flexibility index (Phi) is 4.54. The molecule has 5 rings (SSSR count). The van der Waals surface area contributed by atoms with Crippen LogP contribution in [0.2, 0.25) is 0 Å². The molecule has 158 valence electrons. The Morgan fingerprint density at radius 2 is 1.83 bits per heavy atom. The molecule has 0 aliphatic carbocycles. The number of rotatable bonds is 4. The van der Waals surface area contributed by atoms with Crippen molar-refractivity contribution < 1.29 is 14.2 Å². The minimum Gasteiger partial charge on any atom is -0.454 e. The zero-order valence-electron chi connectivity index (χ0n) is 17.6. The van der Waals surface area contributed by atoms with Crippen molar-refractivity contribution in [2.24, 2.45) is 0 Å². The van der Waals surface area contributed by atoms with Crippen molar-refractivity contribution in [3.8, 4) is 11.5 Å². The number of ether oxygens (including phenoxy) is 3. The molecule has 2 aliphatic heterocycles. The van der Waals surface area contributed by atoms with E-state index in [-0.39, 0.29) is 17.6 Å². The zero-order valence-corrected chi connectivity index (χ0v) is 17.6. The molecule has 0 bridgehead atoms. The Bertz CT molecular complexity index is 1070. The van der Waals surface area contributed by atoms with E-state index >= 15 is 0 Å². The molecule has 8 nitrogen and oxygen atoms in total. The maximum Gasteiger partial charge on any atom is 0.231 e. The first kappa shape index (κ1) is 19.1. The number of nitrogens with zero attached hydrogens (tertiary/aromatic N) is 4. The van der Waals surface area contributed by atoms with E-state index in [2.05, 4.69) is 48.4 Å². The van der Waals surface area contributed by atoms with Crippen LogP contribution in [0.4, 0.5) is 5.82 Å². The van der Waals surface area contributed by atoms with E-state index in [1.807, 2.05) is 22.7 Å².